The van der Waals surface area contributed by atoms with Crippen molar-refractivity contribution in [1.82, 2.24) is 4.90 Å². The summed E-state index contributed by atoms with van der Waals surface area (Å²) in [5.41, 5.74) is 5.15. The van der Waals surface area contributed by atoms with E-state index in [0.717, 1.165) is 22.3 Å². The molecule has 3 aromatic carbocycles. The summed E-state index contributed by atoms with van der Waals surface area (Å²) < 4.78 is 5.74. The van der Waals surface area contributed by atoms with Crippen LogP contribution in [0.15, 0.2) is 78.5 Å². The van der Waals surface area contributed by atoms with E-state index in [4.69, 9.17) is 4.74 Å². The molecule has 33 heavy (non-hydrogen) atoms. The number of likely N-dealkylation sites (N-methyl/N-ethyl adjacent to an activating group) is 1. The number of aryl methyl sites for hydroxylation is 2. The van der Waals surface area contributed by atoms with Crippen molar-refractivity contribution >= 4 is 23.1 Å². The molecular formula is C28H28N2O3. The number of amides is 2. The van der Waals surface area contributed by atoms with Crippen LogP contribution in [0.5, 0.6) is 5.75 Å². The molecule has 2 amide bonds. The monoisotopic (exact) mass is 440 g/mol. The lowest BCUT2D eigenvalue weighted by molar-refractivity contribution is -0.120. The molecule has 168 valence electrons. The molecule has 1 aliphatic rings. The van der Waals surface area contributed by atoms with Crippen molar-refractivity contribution in [3.8, 4) is 5.75 Å². The van der Waals surface area contributed by atoms with Gasteiger partial charge < -0.3 is 9.64 Å². The van der Waals surface area contributed by atoms with Gasteiger partial charge in [0.15, 0.2) is 0 Å². The first-order valence-corrected chi connectivity index (χ1v) is 11.1. The van der Waals surface area contributed by atoms with Crippen molar-refractivity contribution in [3.63, 3.8) is 0 Å². The summed E-state index contributed by atoms with van der Waals surface area (Å²) >= 11 is 0. The molecule has 0 spiro atoms. The number of nitrogens with zero attached hydrogens (tertiary/aromatic N) is 2. The van der Waals surface area contributed by atoms with E-state index in [0.29, 0.717) is 35.9 Å². The highest BCUT2D eigenvalue weighted by Crippen LogP contribution is 2.39. The molecule has 3 aromatic rings. The fraction of sp³-hybridized carbons (Fsp3) is 0.214. The topological polar surface area (TPSA) is 49.9 Å². The van der Waals surface area contributed by atoms with E-state index in [2.05, 4.69) is 0 Å². The Hall–Kier alpha value is -3.86. The molecule has 0 aliphatic carbocycles. The van der Waals surface area contributed by atoms with Gasteiger partial charge in [0.25, 0.3) is 11.8 Å². The Kier molecular flexibility index (Phi) is 6.31. The molecular weight excluding hydrogens is 412 g/mol. The second-order valence-electron chi connectivity index (χ2n) is 8.23. The second kappa shape index (κ2) is 9.33. The Bertz CT molecular complexity index is 1230. The van der Waals surface area contributed by atoms with Crippen molar-refractivity contribution in [3.05, 3.63) is 101 Å². The van der Waals surface area contributed by atoms with E-state index >= 15 is 0 Å². The quantitative estimate of drug-likeness (QED) is 0.479. The molecule has 0 bridgehead atoms. The molecule has 0 fully saturated rings. The number of carbonyl (C=O) groups excluding carboxylic acids is 2. The number of para-hydroxylation sites is 2. The molecule has 0 radical (unpaired) electrons. The number of benzene rings is 3. The van der Waals surface area contributed by atoms with Gasteiger partial charge in [0.05, 0.1) is 17.9 Å². The van der Waals surface area contributed by atoms with Crippen molar-refractivity contribution in [2.75, 3.05) is 18.6 Å². The fourth-order valence-electron chi connectivity index (χ4n) is 4.28. The van der Waals surface area contributed by atoms with E-state index < -0.39 is 0 Å². The van der Waals surface area contributed by atoms with Gasteiger partial charge in [-0.3, -0.25) is 9.59 Å². The molecule has 0 unspecified atom stereocenters. The number of rotatable bonds is 7. The number of hydrogen-bond acceptors (Lipinski definition) is 4. The Balaban J connectivity index is 1.85. The maximum absolute atomic E-state index is 13.8. The zero-order valence-corrected chi connectivity index (χ0v) is 19.5. The smallest absolute Gasteiger partial charge is 0.282 e. The molecule has 4 rings (SSSR count). The van der Waals surface area contributed by atoms with Crippen LogP contribution in [0, 0.1) is 13.8 Å². The van der Waals surface area contributed by atoms with Crippen LogP contribution >= 0.6 is 0 Å². The fourth-order valence-corrected chi connectivity index (χ4v) is 4.28. The van der Waals surface area contributed by atoms with Gasteiger partial charge >= 0.3 is 0 Å². The number of anilines is 1. The largest absolute Gasteiger partial charge is 0.492 e. The third kappa shape index (κ3) is 4.27. The summed E-state index contributed by atoms with van der Waals surface area (Å²) in [4.78, 5) is 30.8. The Morgan fingerprint density at radius 1 is 0.879 bits per heavy atom. The molecule has 5 heteroatoms. The summed E-state index contributed by atoms with van der Waals surface area (Å²) in [5, 5.41) is 0. The Morgan fingerprint density at radius 3 is 2.27 bits per heavy atom. The normalized spacial score (nSPS) is 13.6. The minimum absolute atomic E-state index is 0.339. The van der Waals surface area contributed by atoms with Crippen molar-refractivity contribution in [2.24, 2.45) is 0 Å². The molecule has 1 heterocycles. The van der Waals surface area contributed by atoms with Gasteiger partial charge in [-0.1, -0.05) is 66.2 Å². The van der Waals surface area contributed by atoms with Gasteiger partial charge in [-0.25, -0.2) is 4.90 Å². The van der Waals surface area contributed by atoms with Crippen molar-refractivity contribution in [1.29, 1.82) is 0 Å². The highest BCUT2D eigenvalue weighted by molar-refractivity contribution is 6.45. The number of imide groups is 1. The third-order valence-corrected chi connectivity index (χ3v) is 5.76. The summed E-state index contributed by atoms with van der Waals surface area (Å²) in [6.07, 6.45) is 0. The minimum atomic E-state index is -0.347. The molecule has 0 N–H and O–H groups in total. The summed E-state index contributed by atoms with van der Waals surface area (Å²) in [6.45, 7) is 6.80. The van der Waals surface area contributed by atoms with Crippen LogP contribution in [0.2, 0.25) is 0 Å². The second-order valence-corrected chi connectivity index (χ2v) is 8.23. The van der Waals surface area contributed by atoms with E-state index in [1.165, 1.54) is 4.90 Å². The first kappa shape index (κ1) is 22.3. The van der Waals surface area contributed by atoms with Crippen molar-refractivity contribution < 1.29 is 14.3 Å². The Morgan fingerprint density at radius 2 is 1.58 bits per heavy atom. The maximum Gasteiger partial charge on any atom is 0.282 e. The van der Waals surface area contributed by atoms with Gasteiger partial charge in [-0.05, 0) is 49.6 Å². The van der Waals surface area contributed by atoms with E-state index in [1.54, 1.807) is 18.2 Å². The summed E-state index contributed by atoms with van der Waals surface area (Å²) in [7, 11) is 1.86. The molecule has 0 saturated heterocycles. The van der Waals surface area contributed by atoms with Gasteiger partial charge in [-0.15, -0.1) is 0 Å². The van der Waals surface area contributed by atoms with Crippen LogP contribution in [0.4, 0.5) is 5.69 Å². The molecule has 0 aromatic heterocycles. The zero-order chi connectivity index (χ0) is 23.5. The van der Waals surface area contributed by atoms with Gasteiger partial charge in [-0.2, -0.15) is 0 Å². The van der Waals surface area contributed by atoms with E-state index in [-0.39, 0.29) is 11.8 Å². The average molecular weight is 441 g/mol. The lowest BCUT2D eigenvalue weighted by Crippen LogP contribution is -2.34. The number of carbonyl (C=O) groups is 2. The van der Waals surface area contributed by atoms with Crippen LogP contribution in [0.3, 0.4) is 0 Å². The predicted octanol–water partition coefficient (Wildman–Crippen LogP) is 5.12. The highest BCUT2D eigenvalue weighted by Gasteiger charge is 2.43. The summed E-state index contributed by atoms with van der Waals surface area (Å²) in [6, 6.07) is 23.0. The molecule has 1 aliphatic heterocycles. The first-order chi connectivity index (χ1) is 15.9. The van der Waals surface area contributed by atoms with Crippen LogP contribution in [0.25, 0.3) is 5.57 Å². The predicted molar refractivity (Wildman–Crippen MR) is 131 cm³/mol. The third-order valence-electron chi connectivity index (χ3n) is 5.76. The molecule has 5 nitrogen and oxygen atoms in total. The number of hydrogen-bond donors (Lipinski definition) is 0. The van der Waals surface area contributed by atoms with Gasteiger partial charge in [0.2, 0.25) is 0 Å². The van der Waals surface area contributed by atoms with E-state index in [1.807, 2.05) is 87.3 Å². The maximum atomic E-state index is 13.8. The van der Waals surface area contributed by atoms with Crippen molar-refractivity contribution in [2.45, 2.75) is 27.3 Å². The highest BCUT2D eigenvalue weighted by atomic mass is 16.5. The van der Waals surface area contributed by atoms with Crippen LogP contribution < -0.4 is 9.64 Å². The molecule has 0 atom stereocenters. The number of ether oxygens (including phenoxy) is 1. The van der Waals surface area contributed by atoms with Crippen LogP contribution in [0.1, 0.15) is 29.2 Å². The van der Waals surface area contributed by atoms with Crippen LogP contribution in [-0.2, 0) is 16.1 Å². The Labute approximate surface area is 194 Å². The molecule has 0 saturated carbocycles. The minimum Gasteiger partial charge on any atom is -0.492 e. The van der Waals surface area contributed by atoms with Gasteiger partial charge in [0, 0.05) is 13.6 Å². The van der Waals surface area contributed by atoms with E-state index in [9.17, 15) is 9.59 Å². The average Bonchev–Trinajstić information content (AvgIpc) is 3.05. The van der Waals surface area contributed by atoms with Crippen LogP contribution in [-0.4, -0.2) is 30.4 Å². The standard InChI is InChI=1S/C28H28N2O3/c1-5-33-24-14-10-9-13-23(24)30-27(31)25(22-16-15-19(2)17-20(22)3)26(28(30)32)29(4)18-21-11-7-6-8-12-21/h6-17H,5,18H2,1-4H3. The first-order valence-electron chi connectivity index (χ1n) is 11.1. The van der Waals surface area contributed by atoms with Gasteiger partial charge in [0.1, 0.15) is 11.4 Å². The lowest BCUT2D eigenvalue weighted by atomic mass is 9.97. The summed E-state index contributed by atoms with van der Waals surface area (Å²) in [5.74, 6) is -0.178. The zero-order valence-electron chi connectivity index (χ0n) is 19.5. The SMILES string of the molecule is CCOc1ccccc1N1C(=O)C(c2ccc(C)cc2C)=C(N(C)Cc2ccccc2)C1=O. The lowest BCUT2D eigenvalue weighted by Gasteiger charge is -2.22.